The van der Waals surface area contributed by atoms with E-state index in [4.69, 9.17) is 0 Å². The van der Waals surface area contributed by atoms with E-state index in [1.54, 1.807) is 30.4 Å². The van der Waals surface area contributed by atoms with Gasteiger partial charge in [-0.25, -0.2) is 0 Å². The van der Waals surface area contributed by atoms with Crippen molar-refractivity contribution in [3.63, 3.8) is 0 Å². The van der Waals surface area contributed by atoms with Crippen LogP contribution in [0.2, 0.25) is 0 Å². The molecule has 0 radical (unpaired) electrons. The van der Waals surface area contributed by atoms with Crippen LogP contribution in [0, 0.1) is 5.41 Å². The molecule has 0 spiro atoms. The van der Waals surface area contributed by atoms with Gasteiger partial charge in [0, 0.05) is 26.8 Å². The molecule has 1 N–H and O–H groups in total. The number of hydrogen-bond donors (Lipinski definition) is 1. The summed E-state index contributed by atoms with van der Waals surface area (Å²) in [5, 5.41) is 2.98. The average Bonchev–Trinajstić information content (AvgIpc) is 2.25. The zero-order chi connectivity index (χ0) is 13.1. The van der Waals surface area contributed by atoms with Crippen molar-refractivity contribution < 1.29 is 4.79 Å². The van der Waals surface area contributed by atoms with Crippen LogP contribution in [0.25, 0.3) is 0 Å². The highest BCUT2D eigenvalue weighted by molar-refractivity contribution is 5.99. The van der Waals surface area contributed by atoms with Crippen LogP contribution in [0.4, 0.5) is 5.69 Å². The predicted octanol–water partition coefficient (Wildman–Crippen LogP) is 2.24. The van der Waals surface area contributed by atoms with E-state index in [-0.39, 0.29) is 11.3 Å². The Labute approximate surface area is 103 Å². The molecule has 1 aromatic rings. The van der Waals surface area contributed by atoms with Gasteiger partial charge in [-0.2, -0.15) is 0 Å². The summed E-state index contributed by atoms with van der Waals surface area (Å²) in [6.07, 6.45) is 3.30. The monoisotopic (exact) mass is 235 g/mol. The van der Waals surface area contributed by atoms with Crippen LogP contribution < -0.4 is 5.32 Å². The SMILES string of the molecule is CNc1cnccc1C(=O)N(C)CC(C)(C)C. The van der Waals surface area contributed by atoms with Gasteiger partial charge >= 0.3 is 0 Å². The predicted molar refractivity (Wildman–Crippen MR) is 70.2 cm³/mol. The molecule has 17 heavy (non-hydrogen) atoms. The lowest BCUT2D eigenvalue weighted by molar-refractivity contribution is 0.0746. The highest BCUT2D eigenvalue weighted by Crippen LogP contribution is 2.19. The summed E-state index contributed by atoms with van der Waals surface area (Å²) in [7, 11) is 3.62. The lowest BCUT2D eigenvalue weighted by Gasteiger charge is -2.27. The number of anilines is 1. The minimum absolute atomic E-state index is 0.0201. The van der Waals surface area contributed by atoms with Crippen LogP contribution in [0.15, 0.2) is 18.5 Å². The molecule has 0 aliphatic heterocycles. The quantitative estimate of drug-likeness (QED) is 0.874. The summed E-state index contributed by atoms with van der Waals surface area (Å²) < 4.78 is 0. The van der Waals surface area contributed by atoms with Gasteiger partial charge in [-0.15, -0.1) is 0 Å². The molecule has 1 rings (SSSR count). The van der Waals surface area contributed by atoms with Crippen molar-refractivity contribution in [3.8, 4) is 0 Å². The largest absolute Gasteiger partial charge is 0.386 e. The highest BCUT2D eigenvalue weighted by atomic mass is 16.2. The van der Waals surface area contributed by atoms with Gasteiger partial charge in [-0.3, -0.25) is 9.78 Å². The Bertz CT molecular complexity index is 396. The van der Waals surface area contributed by atoms with Gasteiger partial charge in [0.25, 0.3) is 5.91 Å². The summed E-state index contributed by atoms with van der Waals surface area (Å²) in [6.45, 7) is 7.06. The fourth-order valence-corrected chi connectivity index (χ4v) is 1.77. The zero-order valence-corrected chi connectivity index (χ0v) is 11.2. The van der Waals surface area contributed by atoms with Crippen molar-refractivity contribution in [3.05, 3.63) is 24.0 Å². The van der Waals surface area contributed by atoms with Crippen LogP contribution in [0.3, 0.4) is 0 Å². The van der Waals surface area contributed by atoms with Crippen molar-refractivity contribution in [2.45, 2.75) is 20.8 Å². The number of carbonyl (C=O) groups excluding carboxylic acids is 1. The van der Waals surface area contributed by atoms with Crippen LogP contribution in [0.5, 0.6) is 0 Å². The van der Waals surface area contributed by atoms with E-state index < -0.39 is 0 Å². The Hall–Kier alpha value is -1.58. The Morgan fingerprint density at radius 1 is 1.47 bits per heavy atom. The van der Waals surface area contributed by atoms with Gasteiger partial charge in [0.1, 0.15) is 0 Å². The molecular weight excluding hydrogens is 214 g/mol. The van der Waals surface area contributed by atoms with Crippen LogP contribution >= 0.6 is 0 Å². The van der Waals surface area contributed by atoms with Crippen molar-refractivity contribution in [1.82, 2.24) is 9.88 Å². The second-order valence-electron chi connectivity index (χ2n) is 5.39. The van der Waals surface area contributed by atoms with E-state index in [2.05, 4.69) is 31.1 Å². The lowest BCUT2D eigenvalue weighted by Crippen LogP contribution is -2.34. The fourth-order valence-electron chi connectivity index (χ4n) is 1.77. The third-order valence-electron chi connectivity index (χ3n) is 2.38. The third-order valence-corrected chi connectivity index (χ3v) is 2.38. The smallest absolute Gasteiger partial charge is 0.255 e. The van der Waals surface area contributed by atoms with Crippen LogP contribution in [-0.2, 0) is 0 Å². The van der Waals surface area contributed by atoms with Crippen LogP contribution in [0.1, 0.15) is 31.1 Å². The summed E-state index contributed by atoms with van der Waals surface area (Å²) >= 11 is 0. The third kappa shape index (κ3) is 3.73. The van der Waals surface area contributed by atoms with Gasteiger partial charge in [-0.1, -0.05) is 20.8 Å². The molecule has 1 heterocycles. The van der Waals surface area contributed by atoms with E-state index in [1.165, 1.54) is 0 Å². The molecule has 0 unspecified atom stereocenters. The average molecular weight is 235 g/mol. The number of nitrogens with one attached hydrogen (secondary N) is 1. The van der Waals surface area contributed by atoms with E-state index in [9.17, 15) is 4.79 Å². The Balaban J connectivity index is 2.89. The van der Waals surface area contributed by atoms with Gasteiger partial charge in [0.2, 0.25) is 0 Å². The van der Waals surface area contributed by atoms with Crippen molar-refractivity contribution in [2.75, 3.05) is 26.0 Å². The normalized spacial score (nSPS) is 11.1. The molecular formula is C13H21N3O. The first-order valence-electron chi connectivity index (χ1n) is 5.72. The minimum atomic E-state index is 0.0201. The second-order valence-corrected chi connectivity index (χ2v) is 5.39. The number of carbonyl (C=O) groups is 1. The topological polar surface area (TPSA) is 45.2 Å². The zero-order valence-electron chi connectivity index (χ0n) is 11.2. The first-order valence-corrected chi connectivity index (χ1v) is 5.72. The molecule has 4 nitrogen and oxygen atoms in total. The number of nitrogens with zero attached hydrogens (tertiary/aromatic N) is 2. The van der Waals surface area contributed by atoms with Crippen molar-refractivity contribution in [1.29, 1.82) is 0 Å². The molecule has 94 valence electrons. The summed E-state index contributed by atoms with van der Waals surface area (Å²) in [5.74, 6) is 0.0201. The summed E-state index contributed by atoms with van der Waals surface area (Å²) in [6, 6.07) is 1.74. The Morgan fingerprint density at radius 2 is 2.12 bits per heavy atom. The molecule has 0 atom stereocenters. The van der Waals surface area contributed by atoms with Crippen molar-refractivity contribution >= 4 is 11.6 Å². The van der Waals surface area contributed by atoms with Crippen LogP contribution in [-0.4, -0.2) is 36.4 Å². The van der Waals surface area contributed by atoms with Gasteiger partial charge < -0.3 is 10.2 Å². The van der Waals surface area contributed by atoms with Gasteiger partial charge in [0.15, 0.2) is 0 Å². The molecule has 1 amide bonds. The molecule has 4 heteroatoms. The Morgan fingerprint density at radius 3 is 2.65 bits per heavy atom. The lowest BCUT2D eigenvalue weighted by atomic mass is 9.96. The number of pyridine rings is 1. The first kappa shape index (κ1) is 13.5. The summed E-state index contributed by atoms with van der Waals surface area (Å²) in [4.78, 5) is 18.0. The molecule has 0 saturated carbocycles. The molecule has 1 aromatic heterocycles. The highest BCUT2D eigenvalue weighted by Gasteiger charge is 2.20. The Kier molecular flexibility index (Phi) is 4.10. The maximum absolute atomic E-state index is 12.3. The van der Waals surface area contributed by atoms with Gasteiger partial charge in [-0.05, 0) is 11.5 Å². The molecule has 0 saturated heterocycles. The standard InChI is InChI=1S/C13H21N3O/c1-13(2,3)9-16(5)12(17)10-6-7-15-8-11(10)14-4/h6-8,14H,9H2,1-5H3. The van der Waals surface area contributed by atoms with E-state index in [0.717, 1.165) is 12.2 Å². The molecule has 0 fully saturated rings. The maximum atomic E-state index is 12.3. The second kappa shape index (κ2) is 5.17. The molecule has 0 aliphatic rings. The summed E-state index contributed by atoms with van der Waals surface area (Å²) in [5.41, 5.74) is 1.52. The van der Waals surface area contributed by atoms with E-state index >= 15 is 0 Å². The number of amides is 1. The minimum Gasteiger partial charge on any atom is -0.386 e. The molecule has 0 aromatic carbocycles. The molecule has 0 bridgehead atoms. The first-order chi connectivity index (χ1) is 7.85. The van der Waals surface area contributed by atoms with Crippen molar-refractivity contribution in [2.24, 2.45) is 5.41 Å². The molecule has 0 aliphatic carbocycles. The number of hydrogen-bond acceptors (Lipinski definition) is 3. The van der Waals surface area contributed by atoms with E-state index in [0.29, 0.717) is 5.56 Å². The number of rotatable bonds is 3. The van der Waals surface area contributed by atoms with E-state index in [1.807, 2.05) is 7.05 Å². The fraction of sp³-hybridized carbons (Fsp3) is 0.538. The van der Waals surface area contributed by atoms with Gasteiger partial charge in [0.05, 0.1) is 17.4 Å². The number of aromatic nitrogens is 1. The maximum Gasteiger partial charge on any atom is 0.255 e.